The largest absolute Gasteiger partial charge is 0.472 e. The first-order chi connectivity index (χ1) is 20.7. The molecular weight excluding hydrogens is 572 g/mol. The number of hydrogen-bond acceptors (Lipinski definition) is 10. The Balaban J connectivity index is 1.61. The Kier molecular flexibility index (Phi) is 9.20. The summed E-state index contributed by atoms with van der Waals surface area (Å²) >= 11 is 0. The van der Waals surface area contributed by atoms with E-state index in [1.165, 1.54) is 16.6 Å². The number of hydrogen-bond donors (Lipinski definition) is 1. The molecule has 1 fully saturated rings. The highest BCUT2D eigenvalue weighted by Crippen LogP contribution is 2.31. The molecule has 1 N–H and O–H groups in total. The van der Waals surface area contributed by atoms with Crippen molar-refractivity contribution in [2.24, 2.45) is 0 Å². The summed E-state index contributed by atoms with van der Waals surface area (Å²) in [4.78, 5) is 32.1. The minimum absolute atomic E-state index is 0.000948. The fourth-order valence-corrected chi connectivity index (χ4v) is 6.63. The number of H-pyrrole nitrogens is 1. The van der Waals surface area contributed by atoms with Crippen molar-refractivity contribution in [3.63, 3.8) is 0 Å². The molecule has 1 aliphatic rings. The number of likely N-dealkylation sites (N-methyl/N-ethyl adjacent to an activating group) is 1. The summed E-state index contributed by atoms with van der Waals surface area (Å²) in [6, 6.07) is 5.32. The highest BCUT2D eigenvalue weighted by atomic mass is 32.2. The van der Waals surface area contributed by atoms with Crippen molar-refractivity contribution in [1.29, 1.82) is 0 Å². The molecule has 43 heavy (non-hydrogen) atoms. The molecule has 0 unspecified atom stereocenters. The zero-order valence-electron chi connectivity index (χ0n) is 25.2. The molecule has 1 aliphatic heterocycles. The van der Waals surface area contributed by atoms with E-state index in [0.717, 1.165) is 23.5 Å². The van der Waals surface area contributed by atoms with E-state index in [-0.39, 0.29) is 34.3 Å². The summed E-state index contributed by atoms with van der Waals surface area (Å²) in [5.74, 6) is 0.275. The Bertz CT molecular complexity index is 1760. The summed E-state index contributed by atoms with van der Waals surface area (Å²) in [6.45, 7) is 11.4. The number of pyridine rings is 2. The van der Waals surface area contributed by atoms with Crippen molar-refractivity contribution in [1.82, 2.24) is 38.9 Å². The lowest BCUT2D eigenvalue weighted by atomic mass is 10.2. The summed E-state index contributed by atoms with van der Waals surface area (Å²) in [7, 11) is -2.30. The highest BCUT2D eigenvalue weighted by molar-refractivity contribution is 7.89. The summed E-state index contributed by atoms with van der Waals surface area (Å²) in [6.07, 6.45) is 3.18. The molecule has 0 bridgehead atoms. The van der Waals surface area contributed by atoms with E-state index >= 15 is 0 Å². The maximum absolute atomic E-state index is 13.7. The molecule has 4 aromatic heterocycles. The van der Waals surface area contributed by atoms with Gasteiger partial charge in [-0.15, -0.1) is 0 Å². The van der Waals surface area contributed by atoms with Crippen molar-refractivity contribution >= 4 is 21.1 Å². The van der Waals surface area contributed by atoms with Gasteiger partial charge in [-0.1, -0.05) is 19.9 Å². The topological polar surface area (TPSA) is 148 Å². The normalized spacial score (nSPS) is 15.7. The summed E-state index contributed by atoms with van der Waals surface area (Å²) in [5, 5.41) is 4.58. The molecule has 14 heteroatoms. The van der Waals surface area contributed by atoms with Crippen LogP contribution in [0.3, 0.4) is 0 Å². The molecule has 230 valence electrons. The first-order valence-corrected chi connectivity index (χ1v) is 15.9. The molecule has 0 amide bonds. The van der Waals surface area contributed by atoms with Gasteiger partial charge in [0.2, 0.25) is 15.9 Å². The van der Waals surface area contributed by atoms with E-state index in [9.17, 15) is 13.2 Å². The number of nitrogens with zero attached hydrogens (tertiary/aromatic N) is 7. The molecule has 1 saturated heterocycles. The molecule has 5 heterocycles. The lowest BCUT2D eigenvalue weighted by Crippen LogP contribution is -2.48. The minimum atomic E-state index is -3.86. The predicted molar refractivity (Wildman–Crippen MR) is 162 cm³/mol. The van der Waals surface area contributed by atoms with Gasteiger partial charge in [0.1, 0.15) is 22.3 Å². The number of rotatable bonds is 11. The van der Waals surface area contributed by atoms with E-state index in [1.54, 1.807) is 18.0 Å². The van der Waals surface area contributed by atoms with Gasteiger partial charge in [0.25, 0.3) is 5.56 Å². The van der Waals surface area contributed by atoms with Gasteiger partial charge in [0.05, 0.1) is 36.3 Å². The van der Waals surface area contributed by atoms with Crippen LogP contribution in [0, 0.1) is 6.92 Å². The van der Waals surface area contributed by atoms with Crippen molar-refractivity contribution in [3.05, 3.63) is 57.9 Å². The first kappa shape index (κ1) is 30.7. The van der Waals surface area contributed by atoms with Crippen molar-refractivity contribution in [3.8, 4) is 17.3 Å². The van der Waals surface area contributed by atoms with Crippen LogP contribution >= 0.6 is 0 Å². The first-order valence-electron chi connectivity index (χ1n) is 14.4. The van der Waals surface area contributed by atoms with E-state index < -0.39 is 21.7 Å². The maximum Gasteiger partial charge on any atom is 0.279 e. The number of aromatic nitrogens is 6. The van der Waals surface area contributed by atoms with Crippen LogP contribution in [0.15, 0.2) is 40.3 Å². The molecule has 0 saturated carbocycles. The lowest BCUT2D eigenvalue weighted by Gasteiger charge is -2.33. The number of fused-ring (bicyclic) bond motifs is 1. The summed E-state index contributed by atoms with van der Waals surface area (Å²) < 4.78 is 41.8. The number of ether oxygens (including phenoxy) is 2. The van der Waals surface area contributed by atoms with Crippen molar-refractivity contribution in [2.45, 2.75) is 51.7 Å². The van der Waals surface area contributed by atoms with E-state index in [2.05, 4.69) is 31.9 Å². The second-order valence-electron chi connectivity index (χ2n) is 10.6. The number of sulfonamides is 1. The molecule has 4 aromatic rings. The van der Waals surface area contributed by atoms with Crippen molar-refractivity contribution < 1.29 is 17.9 Å². The van der Waals surface area contributed by atoms with Crippen molar-refractivity contribution in [2.75, 3.05) is 46.4 Å². The predicted octanol–water partition coefficient (Wildman–Crippen LogP) is 2.24. The standard InChI is InChI=1S/C29H38N8O5S/c1-6-24-25-26(34-37(24)17-23-19(3)9-8-10-30-23)28(38)33-27(32-25)22-15-21(16-31-29(22)42-20(4)18-41-5)43(39,40)36-13-11-35(7-2)12-14-36/h8-10,15-16,20H,6-7,11-14,17-18H2,1-5H3,(H,32,33,38)/t20-/m1/s1. The Morgan fingerprint density at radius 1 is 1.12 bits per heavy atom. The molecule has 5 rings (SSSR count). The smallest absolute Gasteiger partial charge is 0.279 e. The van der Waals surface area contributed by atoms with Crippen LogP contribution in [0.2, 0.25) is 0 Å². The van der Waals surface area contributed by atoms with Crippen LogP contribution in [0.25, 0.3) is 22.4 Å². The van der Waals surface area contributed by atoms with Gasteiger partial charge in [0, 0.05) is 39.5 Å². The van der Waals surface area contributed by atoms with Gasteiger partial charge in [-0.25, -0.2) is 18.4 Å². The molecule has 0 spiro atoms. The van der Waals surface area contributed by atoms with Gasteiger partial charge in [0.15, 0.2) is 5.52 Å². The molecule has 0 aromatic carbocycles. The lowest BCUT2D eigenvalue weighted by molar-refractivity contribution is 0.0893. The number of nitrogens with one attached hydrogen (secondary N) is 1. The molecule has 13 nitrogen and oxygen atoms in total. The third-order valence-electron chi connectivity index (χ3n) is 7.66. The third kappa shape index (κ3) is 6.32. The Labute approximate surface area is 250 Å². The Morgan fingerprint density at radius 2 is 1.88 bits per heavy atom. The average molecular weight is 611 g/mol. The zero-order chi connectivity index (χ0) is 30.7. The zero-order valence-corrected chi connectivity index (χ0v) is 26.0. The van der Waals surface area contributed by atoms with Gasteiger partial charge >= 0.3 is 0 Å². The number of methoxy groups -OCH3 is 1. The van der Waals surface area contributed by atoms with Crippen LogP contribution in [-0.4, -0.2) is 99.9 Å². The average Bonchev–Trinajstić information content (AvgIpc) is 3.36. The fraction of sp³-hybridized carbons (Fsp3) is 0.483. The third-order valence-corrected chi connectivity index (χ3v) is 9.53. The number of aromatic amines is 1. The molecule has 0 radical (unpaired) electrons. The fourth-order valence-electron chi connectivity index (χ4n) is 5.23. The Morgan fingerprint density at radius 3 is 2.56 bits per heavy atom. The second kappa shape index (κ2) is 12.9. The highest BCUT2D eigenvalue weighted by Gasteiger charge is 2.30. The monoisotopic (exact) mass is 610 g/mol. The minimum Gasteiger partial charge on any atom is -0.472 e. The molecule has 0 aliphatic carbocycles. The SMILES string of the molecule is CCc1c2nc(-c3cc(S(=O)(=O)N4CCN(CC)CC4)cnc3O[C@H](C)COC)[nH]c(=O)c2nn1Cc1ncccc1C. The van der Waals surface area contributed by atoms with E-state index in [1.807, 2.05) is 32.9 Å². The van der Waals surface area contributed by atoms with Crippen LogP contribution in [0.1, 0.15) is 37.7 Å². The van der Waals surface area contributed by atoms with Crippen LogP contribution in [0.4, 0.5) is 0 Å². The summed E-state index contributed by atoms with van der Waals surface area (Å²) in [5.41, 5.74) is 3.03. The van der Waals surface area contributed by atoms with E-state index in [4.69, 9.17) is 14.5 Å². The molecule has 1 atom stereocenters. The molecular formula is C29H38N8O5S. The second-order valence-corrected chi connectivity index (χ2v) is 12.5. The number of piperazine rings is 1. The quantitative estimate of drug-likeness (QED) is 0.268. The number of aryl methyl sites for hydroxylation is 2. The van der Waals surface area contributed by atoms with Crippen LogP contribution in [0.5, 0.6) is 5.88 Å². The van der Waals surface area contributed by atoms with Crippen LogP contribution < -0.4 is 10.3 Å². The van der Waals surface area contributed by atoms with Crippen LogP contribution in [-0.2, 0) is 27.7 Å². The van der Waals surface area contributed by atoms with Gasteiger partial charge < -0.3 is 19.4 Å². The van der Waals surface area contributed by atoms with Gasteiger partial charge in [-0.3, -0.25) is 14.5 Å². The Hall–Kier alpha value is -3.72. The van der Waals surface area contributed by atoms with E-state index in [0.29, 0.717) is 44.7 Å². The van der Waals surface area contributed by atoms with Gasteiger partial charge in [-0.2, -0.15) is 9.40 Å². The maximum atomic E-state index is 13.7. The van der Waals surface area contributed by atoms with Gasteiger partial charge in [-0.05, 0) is 44.5 Å².